The lowest BCUT2D eigenvalue weighted by Gasteiger charge is -2.31. The average molecular weight is 287 g/mol. The highest BCUT2D eigenvalue weighted by Crippen LogP contribution is 2.34. The molecule has 0 saturated carbocycles. The zero-order chi connectivity index (χ0) is 13.9. The lowest BCUT2D eigenvalue weighted by Crippen LogP contribution is -2.32. The van der Waals surface area contributed by atoms with Gasteiger partial charge in [0, 0.05) is 6.42 Å². The van der Waals surface area contributed by atoms with Crippen LogP contribution in [0.4, 0.5) is 0 Å². The van der Waals surface area contributed by atoms with Crippen LogP contribution < -0.4 is 5.56 Å². The maximum Gasteiger partial charge on any atom is 0.268 e. The number of H-pyrrole nitrogens is 1. The molecule has 4 rings (SSSR count). The van der Waals surface area contributed by atoms with Crippen molar-refractivity contribution < 1.29 is 4.74 Å². The Kier molecular flexibility index (Phi) is 2.32. The highest BCUT2D eigenvalue weighted by atomic mass is 32.1. The number of nitrogens with zero attached hydrogens (tertiary/aromatic N) is 2. The van der Waals surface area contributed by atoms with Crippen molar-refractivity contribution in [3.05, 3.63) is 34.0 Å². The Morgan fingerprint density at radius 3 is 3.10 bits per heavy atom. The van der Waals surface area contributed by atoms with Gasteiger partial charge in [-0.3, -0.25) is 4.79 Å². The number of aromatic amines is 1. The Hall–Kier alpha value is -1.79. The molecule has 0 amide bonds. The number of rotatable bonds is 0. The summed E-state index contributed by atoms with van der Waals surface area (Å²) >= 11 is 1.45. The summed E-state index contributed by atoms with van der Waals surface area (Å²) in [5.41, 5.74) is 3.39. The van der Waals surface area contributed by atoms with Crippen molar-refractivity contribution in [1.29, 1.82) is 0 Å². The fourth-order valence-electron chi connectivity index (χ4n) is 2.63. The summed E-state index contributed by atoms with van der Waals surface area (Å²) in [7, 11) is 0. The molecule has 0 fully saturated rings. The third-order valence-electron chi connectivity index (χ3n) is 3.62. The summed E-state index contributed by atoms with van der Waals surface area (Å²) in [6.07, 6.45) is 2.26. The van der Waals surface area contributed by atoms with Crippen LogP contribution in [0.15, 0.2) is 17.2 Å². The molecule has 5 nitrogen and oxygen atoms in total. The molecule has 0 aromatic carbocycles. The summed E-state index contributed by atoms with van der Waals surface area (Å²) < 4.78 is 7.46. The van der Waals surface area contributed by atoms with E-state index in [9.17, 15) is 4.79 Å². The summed E-state index contributed by atoms with van der Waals surface area (Å²) in [5, 5.41) is 0. The van der Waals surface area contributed by atoms with E-state index >= 15 is 0 Å². The van der Waals surface area contributed by atoms with Crippen LogP contribution in [0.5, 0.6) is 0 Å². The zero-order valence-corrected chi connectivity index (χ0v) is 12.0. The zero-order valence-electron chi connectivity index (χ0n) is 11.2. The van der Waals surface area contributed by atoms with Gasteiger partial charge >= 0.3 is 0 Å². The number of fused-ring (bicyclic) bond motifs is 4. The van der Waals surface area contributed by atoms with Crippen LogP contribution in [-0.4, -0.2) is 20.6 Å². The number of ether oxygens (including phenoxy) is 1. The highest BCUT2D eigenvalue weighted by molar-refractivity contribution is 7.25. The Bertz CT molecular complexity index is 894. The van der Waals surface area contributed by atoms with E-state index in [1.165, 1.54) is 23.2 Å². The van der Waals surface area contributed by atoms with Crippen molar-refractivity contribution in [2.45, 2.75) is 32.5 Å². The Morgan fingerprint density at radius 2 is 2.25 bits per heavy atom. The third kappa shape index (κ3) is 1.68. The highest BCUT2D eigenvalue weighted by Gasteiger charge is 2.27. The minimum absolute atomic E-state index is 0.104. The van der Waals surface area contributed by atoms with Crippen molar-refractivity contribution in [2.24, 2.45) is 0 Å². The van der Waals surface area contributed by atoms with Gasteiger partial charge in [0.2, 0.25) is 0 Å². The van der Waals surface area contributed by atoms with Gasteiger partial charge in [-0.15, -0.1) is 11.3 Å². The van der Waals surface area contributed by atoms with Crippen LogP contribution in [0.2, 0.25) is 0 Å². The minimum Gasteiger partial charge on any atom is -0.369 e. The van der Waals surface area contributed by atoms with E-state index in [4.69, 9.17) is 4.74 Å². The molecule has 3 aromatic heterocycles. The molecule has 1 N–H and O–H groups in total. The van der Waals surface area contributed by atoms with Crippen LogP contribution in [0.25, 0.3) is 20.4 Å². The summed E-state index contributed by atoms with van der Waals surface area (Å²) in [6.45, 7) is 4.67. The Labute approximate surface area is 118 Å². The maximum atomic E-state index is 11.8. The van der Waals surface area contributed by atoms with E-state index in [0.29, 0.717) is 16.8 Å². The minimum atomic E-state index is -0.158. The smallest absolute Gasteiger partial charge is 0.268 e. The van der Waals surface area contributed by atoms with Gasteiger partial charge in [-0.05, 0) is 25.5 Å². The molecule has 3 aromatic rings. The van der Waals surface area contributed by atoms with Crippen molar-refractivity contribution in [3.8, 4) is 0 Å². The molecule has 1 aliphatic rings. The molecule has 6 heteroatoms. The van der Waals surface area contributed by atoms with Gasteiger partial charge in [-0.2, -0.15) is 0 Å². The van der Waals surface area contributed by atoms with Gasteiger partial charge in [-0.25, -0.2) is 9.97 Å². The van der Waals surface area contributed by atoms with Crippen molar-refractivity contribution in [1.82, 2.24) is 15.0 Å². The van der Waals surface area contributed by atoms with E-state index in [1.807, 2.05) is 0 Å². The second kappa shape index (κ2) is 3.86. The second-order valence-corrected chi connectivity index (χ2v) is 6.73. The van der Waals surface area contributed by atoms with E-state index in [0.717, 1.165) is 22.3 Å². The molecule has 0 spiro atoms. The quantitative estimate of drug-likeness (QED) is 0.689. The lowest BCUT2D eigenvalue weighted by atomic mass is 9.94. The van der Waals surface area contributed by atoms with Gasteiger partial charge in [0.1, 0.15) is 15.7 Å². The van der Waals surface area contributed by atoms with E-state index < -0.39 is 0 Å². The molecule has 20 heavy (non-hydrogen) atoms. The fraction of sp³-hybridized carbons (Fsp3) is 0.357. The largest absolute Gasteiger partial charge is 0.369 e. The van der Waals surface area contributed by atoms with Crippen molar-refractivity contribution >= 4 is 31.8 Å². The summed E-state index contributed by atoms with van der Waals surface area (Å²) in [5.74, 6) is 0. The van der Waals surface area contributed by atoms with Gasteiger partial charge in [0.15, 0.2) is 0 Å². The SMILES string of the molecule is CC1(C)Cc2cc3sc4c(=O)[nH]cnc4c3nc2CO1. The van der Waals surface area contributed by atoms with E-state index in [-0.39, 0.29) is 11.2 Å². The standard InChI is InChI=1S/C14H13N3O2S/c1-14(2)4-7-3-9-10(17-8(7)5-19-14)11-12(20-9)13(18)16-6-15-11/h3,6H,4-5H2,1-2H3,(H,15,16,18). The number of thiophene rings is 1. The second-order valence-electron chi connectivity index (χ2n) is 5.68. The molecular formula is C14H13N3O2S. The Balaban J connectivity index is 2.04. The van der Waals surface area contributed by atoms with E-state index in [1.54, 1.807) is 0 Å². The first kappa shape index (κ1) is 12.0. The molecule has 0 saturated heterocycles. The third-order valence-corrected chi connectivity index (χ3v) is 4.73. The number of aromatic nitrogens is 3. The van der Waals surface area contributed by atoms with Crippen LogP contribution >= 0.6 is 11.3 Å². The monoisotopic (exact) mass is 287 g/mol. The van der Waals surface area contributed by atoms with Crippen molar-refractivity contribution in [2.75, 3.05) is 0 Å². The molecule has 0 unspecified atom stereocenters. The predicted molar refractivity (Wildman–Crippen MR) is 78.1 cm³/mol. The van der Waals surface area contributed by atoms with E-state index in [2.05, 4.69) is 34.9 Å². The van der Waals surface area contributed by atoms with Gasteiger partial charge in [-0.1, -0.05) is 0 Å². The van der Waals surface area contributed by atoms with Crippen LogP contribution in [0.1, 0.15) is 25.1 Å². The predicted octanol–water partition coefficient (Wildman–Crippen LogP) is 2.38. The molecule has 4 heterocycles. The molecular weight excluding hydrogens is 274 g/mol. The van der Waals surface area contributed by atoms with Gasteiger partial charge in [0.05, 0.1) is 28.9 Å². The normalized spacial score (nSPS) is 17.5. The first-order valence-electron chi connectivity index (χ1n) is 6.46. The van der Waals surface area contributed by atoms with Crippen LogP contribution in [0.3, 0.4) is 0 Å². The maximum absolute atomic E-state index is 11.8. The number of pyridine rings is 1. The van der Waals surface area contributed by atoms with Gasteiger partial charge in [0.25, 0.3) is 5.56 Å². The number of hydrogen-bond donors (Lipinski definition) is 1. The Morgan fingerprint density at radius 1 is 1.40 bits per heavy atom. The van der Waals surface area contributed by atoms with Crippen molar-refractivity contribution in [3.63, 3.8) is 0 Å². The average Bonchev–Trinajstić information content (AvgIpc) is 2.75. The summed E-state index contributed by atoms with van der Waals surface area (Å²) in [6, 6.07) is 2.13. The molecule has 0 aliphatic carbocycles. The summed E-state index contributed by atoms with van der Waals surface area (Å²) in [4.78, 5) is 23.4. The molecule has 0 atom stereocenters. The van der Waals surface area contributed by atoms with Crippen LogP contribution in [0, 0.1) is 0 Å². The molecule has 0 bridgehead atoms. The first-order valence-corrected chi connectivity index (χ1v) is 7.28. The van der Waals surface area contributed by atoms with Gasteiger partial charge < -0.3 is 9.72 Å². The lowest BCUT2D eigenvalue weighted by molar-refractivity contribution is -0.0418. The topological polar surface area (TPSA) is 67.9 Å². The fourth-order valence-corrected chi connectivity index (χ4v) is 3.69. The number of hydrogen-bond acceptors (Lipinski definition) is 5. The van der Waals surface area contributed by atoms with Crippen LogP contribution in [-0.2, 0) is 17.8 Å². The molecule has 0 radical (unpaired) electrons. The first-order chi connectivity index (χ1) is 9.53. The number of nitrogens with one attached hydrogen (secondary N) is 1. The molecule has 1 aliphatic heterocycles. The molecule has 102 valence electrons.